The van der Waals surface area contributed by atoms with Crippen LogP contribution in [0.25, 0.3) is 43.6 Å². The lowest BCUT2D eigenvalue weighted by Gasteiger charge is -2.38. The van der Waals surface area contributed by atoms with E-state index in [-0.39, 0.29) is 29.0 Å². The van der Waals surface area contributed by atoms with Gasteiger partial charge in [0.2, 0.25) is 0 Å². The van der Waals surface area contributed by atoms with E-state index in [2.05, 4.69) is 88.9 Å². The number of hydrogen-bond donors (Lipinski definition) is 2. The Morgan fingerprint density at radius 3 is 2.44 bits per heavy atom. The molecule has 2 atom stereocenters. The Labute approximate surface area is 235 Å². The van der Waals surface area contributed by atoms with Crippen molar-refractivity contribution in [3.05, 3.63) is 70.2 Å². The summed E-state index contributed by atoms with van der Waals surface area (Å²) in [5.41, 5.74) is 4.71. The van der Waals surface area contributed by atoms with Gasteiger partial charge in [0.1, 0.15) is 0 Å². The van der Waals surface area contributed by atoms with Crippen molar-refractivity contribution in [1.29, 1.82) is 0 Å². The van der Waals surface area contributed by atoms with Crippen LogP contribution in [0.2, 0.25) is 18.1 Å². The molecule has 3 aromatic carbocycles. The summed E-state index contributed by atoms with van der Waals surface area (Å²) in [5, 5.41) is 6.20. The van der Waals surface area contributed by atoms with E-state index in [1.165, 1.54) is 0 Å². The molecule has 3 heterocycles. The number of fused-ring (bicyclic) bond motifs is 10. The van der Waals surface area contributed by atoms with Crippen LogP contribution >= 0.6 is 15.9 Å². The van der Waals surface area contributed by atoms with E-state index in [9.17, 15) is 9.59 Å². The van der Waals surface area contributed by atoms with Crippen molar-refractivity contribution < 1.29 is 14.0 Å². The smallest absolute Gasteiger partial charge is 0.259 e. The van der Waals surface area contributed by atoms with Gasteiger partial charge in [-0.25, -0.2) is 0 Å². The van der Waals surface area contributed by atoms with Crippen LogP contribution in [0.4, 0.5) is 0 Å². The van der Waals surface area contributed by atoms with E-state index >= 15 is 0 Å². The zero-order valence-electron chi connectivity index (χ0n) is 22.6. The molecule has 0 saturated heterocycles. The Morgan fingerprint density at radius 1 is 0.974 bits per heavy atom. The molecule has 1 aliphatic heterocycles. The topological polar surface area (TPSA) is 76.1 Å². The number of para-hydroxylation sites is 1. The van der Waals surface area contributed by atoms with Gasteiger partial charge in [0, 0.05) is 43.5 Å². The van der Waals surface area contributed by atoms with Crippen LogP contribution in [-0.4, -0.2) is 35.8 Å². The fourth-order valence-electron chi connectivity index (χ4n) is 6.12. The number of allylic oxidation sites excluding steroid dienone is 1. The molecule has 0 spiro atoms. The van der Waals surface area contributed by atoms with Crippen molar-refractivity contribution in [3.63, 3.8) is 0 Å². The molecule has 0 radical (unpaired) electrons. The minimum atomic E-state index is -1.96. The maximum Gasteiger partial charge on any atom is 0.259 e. The zero-order chi connectivity index (χ0) is 27.4. The number of benzene rings is 3. The number of aromatic amines is 1. The molecule has 39 heavy (non-hydrogen) atoms. The van der Waals surface area contributed by atoms with Crippen molar-refractivity contribution in [2.45, 2.75) is 57.5 Å². The van der Waals surface area contributed by atoms with Crippen molar-refractivity contribution in [1.82, 2.24) is 14.9 Å². The molecule has 6 nitrogen and oxygen atoms in total. The van der Waals surface area contributed by atoms with Gasteiger partial charge in [-0.1, -0.05) is 67.1 Å². The number of carbonyl (C=O) groups is 2. The van der Waals surface area contributed by atoms with E-state index in [1.54, 1.807) is 0 Å². The second kappa shape index (κ2) is 8.16. The Morgan fingerprint density at radius 2 is 1.69 bits per heavy atom. The first kappa shape index (κ1) is 24.8. The monoisotopic (exact) mass is 599 g/mol. The summed E-state index contributed by atoms with van der Waals surface area (Å²) in [6, 6.07) is 14.2. The first-order valence-corrected chi connectivity index (χ1v) is 17.1. The van der Waals surface area contributed by atoms with Gasteiger partial charge in [0.15, 0.2) is 8.32 Å². The minimum Gasteiger partial charge on any atom is -0.410 e. The maximum atomic E-state index is 13.4. The number of rotatable bonds is 3. The number of hydrogen-bond acceptors (Lipinski definition) is 3. The van der Waals surface area contributed by atoms with E-state index in [1.807, 2.05) is 30.3 Å². The number of nitrogens with one attached hydrogen (secondary N) is 2. The second-order valence-corrected chi connectivity index (χ2v) is 18.0. The molecule has 2 aliphatic rings. The average Bonchev–Trinajstić information content (AvgIpc) is 3.60. The number of aromatic nitrogens is 2. The highest BCUT2D eigenvalue weighted by molar-refractivity contribution is 9.10. The van der Waals surface area contributed by atoms with Gasteiger partial charge < -0.3 is 14.0 Å². The van der Waals surface area contributed by atoms with Crippen LogP contribution in [-0.2, 0) is 4.43 Å². The highest BCUT2D eigenvalue weighted by Crippen LogP contribution is 2.47. The predicted octanol–water partition coefficient (Wildman–Crippen LogP) is 7.97. The molecule has 2 N–H and O–H groups in total. The third kappa shape index (κ3) is 3.47. The predicted molar refractivity (Wildman–Crippen MR) is 163 cm³/mol. The molecular formula is C31H30BrN3O3Si. The molecule has 2 amide bonds. The Bertz CT molecular complexity index is 1920. The lowest BCUT2D eigenvalue weighted by atomic mass is 9.96. The fourth-order valence-corrected chi connectivity index (χ4v) is 7.77. The van der Waals surface area contributed by atoms with Crippen molar-refractivity contribution in [2.75, 3.05) is 0 Å². The largest absolute Gasteiger partial charge is 0.410 e. The first-order valence-electron chi connectivity index (χ1n) is 13.4. The lowest BCUT2D eigenvalue weighted by molar-refractivity contribution is 0.0880. The molecule has 0 saturated carbocycles. The molecule has 0 unspecified atom stereocenters. The van der Waals surface area contributed by atoms with E-state index < -0.39 is 8.32 Å². The van der Waals surface area contributed by atoms with E-state index in [0.717, 1.165) is 54.5 Å². The SMILES string of the molecule is CC(C)(C)[Si](C)(C)O[C@@H]1C=C[C@H](n2c3ccc(Br)cc3c3c4c(c5c6ccccc6[nH]c5c32)C(=O)NC4=O)C1. The van der Waals surface area contributed by atoms with Gasteiger partial charge in [-0.05, 0) is 42.4 Å². The summed E-state index contributed by atoms with van der Waals surface area (Å²) in [6.07, 6.45) is 5.28. The summed E-state index contributed by atoms with van der Waals surface area (Å²) < 4.78 is 10.1. The van der Waals surface area contributed by atoms with Crippen molar-refractivity contribution in [3.8, 4) is 0 Å². The van der Waals surface area contributed by atoms with Crippen LogP contribution in [0.3, 0.4) is 0 Å². The number of nitrogens with zero attached hydrogens (tertiary/aromatic N) is 1. The van der Waals surface area contributed by atoms with Gasteiger partial charge in [0.25, 0.3) is 11.8 Å². The van der Waals surface area contributed by atoms with Gasteiger partial charge in [-0.15, -0.1) is 0 Å². The third-order valence-electron chi connectivity index (χ3n) is 8.94. The molecule has 5 aromatic rings. The van der Waals surface area contributed by atoms with Gasteiger partial charge in [-0.3, -0.25) is 14.9 Å². The van der Waals surface area contributed by atoms with Crippen LogP contribution in [0.1, 0.15) is 53.9 Å². The Kier molecular flexibility index (Phi) is 5.19. The molecule has 8 heteroatoms. The lowest BCUT2D eigenvalue weighted by Crippen LogP contribution is -2.43. The van der Waals surface area contributed by atoms with Crippen LogP contribution in [0.15, 0.2) is 59.1 Å². The molecule has 2 aromatic heterocycles. The zero-order valence-corrected chi connectivity index (χ0v) is 25.2. The number of H-pyrrole nitrogens is 1. The molecule has 7 rings (SSSR count). The molecule has 198 valence electrons. The third-order valence-corrected chi connectivity index (χ3v) is 13.9. The minimum absolute atomic E-state index is 0.0244. The quantitative estimate of drug-likeness (QED) is 0.125. The number of halogens is 1. The summed E-state index contributed by atoms with van der Waals surface area (Å²) in [5.74, 6) is -0.682. The highest BCUT2D eigenvalue weighted by Gasteiger charge is 2.41. The van der Waals surface area contributed by atoms with Crippen molar-refractivity contribution in [2.24, 2.45) is 0 Å². The average molecular weight is 601 g/mol. The van der Waals surface area contributed by atoms with E-state index in [4.69, 9.17) is 4.43 Å². The van der Waals surface area contributed by atoms with Crippen molar-refractivity contribution >= 4 is 79.7 Å². The van der Waals surface area contributed by atoms with Crippen LogP contribution in [0.5, 0.6) is 0 Å². The van der Waals surface area contributed by atoms with Gasteiger partial charge in [-0.2, -0.15) is 0 Å². The maximum absolute atomic E-state index is 13.4. The second-order valence-electron chi connectivity index (χ2n) is 12.3. The highest BCUT2D eigenvalue weighted by atomic mass is 79.9. The molecular weight excluding hydrogens is 570 g/mol. The summed E-state index contributed by atoms with van der Waals surface area (Å²) in [4.78, 5) is 30.2. The Balaban J connectivity index is 1.54. The molecule has 1 aliphatic carbocycles. The normalized spacial score (nSPS) is 19.7. The number of amides is 2. The van der Waals surface area contributed by atoms with Crippen LogP contribution in [0, 0.1) is 0 Å². The number of carbonyl (C=O) groups excluding carboxylic acids is 2. The summed E-state index contributed by atoms with van der Waals surface area (Å²) >= 11 is 3.64. The molecule has 0 bridgehead atoms. The van der Waals surface area contributed by atoms with Crippen LogP contribution < -0.4 is 5.32 Å². The van der Waals surface area contributed by atoms with E-state index in [0.29, 0.717) is 11.1 Å². The van der Waals surface area contributed by atoms with Gasteiger partial charge >= 0.3 is 0 Å². The first-order chi connectivity index (χ1) is 18.5. The summed E-state index contributed by atoms with van der Waals surface area (Å²) in [7, 11) is -1.96. The standard InChI is InChI=1S/C31H30BrN3O3Si/c1-31(2,3)39(4,5)38-18-12-11-17(15-18)35-22-13-10-16(32)14-20(22)24-26-25(29(36)34-30(26)37)23-19-8-6-7-9-21(19)33-27(23)28(24)35/h6-14,17-18,33H,15H2,1-5H3,(H,34,36,37)/t17-,18+/m0/s1. The fraction of sp³-hybridized carbons (Fsp3) is 0.290. The summed E-state index contributed by atoms with van der Waals surface area (Å²) in [6.45, 7) is 11.4. The Hall–Kier alpha value is -3.20. The van der Waals surface area contributed by atoms with Gasteiger partial charge in [0.05, 0.1) is 34.3 Å². The number of imide groups is 1. The molecule has 0 fully saturated rings.